The molecule has 0 fully saturated rings. The van der Waals surface area contributed by atoms with Crippen molar-refractivity contribution >= 4 is 55.9 Å². The number of aromatic nitrogens is 1. The molecular formula is C20H13IN2O4S. The van der Waals surface area contributed by atoms with Crippen molar-refractivity contribution in [2.45, 2.75) is 0 Å². The van der Waals surface area contributed by atoms with Crippen LogP contribution in [0.25, 0.3) is 22.2 Å². The monoisotopic (exact) mass is 504 g/mol. The van der Waals surface area contributed by atoms with E-state index >= 15 is 0 Å². The van der Waals surface area contributed by atoms with E-state index in [-0.39, 0.29) is 5.91 Å². The van der Waals surface area contributed by atoms with Gasteiger partial charge in [-0.1, -0.05) is 6.07 Å². The van der Waals surface area contributed by atoms with Crippen LogP contribution < -0.4 is 15.7 Å². The maximum Gasteiger partial charge on any atom is 0.345 e. The van der Waals surface area contributed by atoms with Crippen molar-refractivity contribution in [3.63, 3.8) is 0 Å². The fourth-order valence-electron chi connectivity index (χ4n) is 2.66. The van der Waals surface area contributed by atoms with Crippen LogP contribution in [0.3, 0.4) is 0 Å². The molecule has 0 saturated carbocycles. The number of amides is 1. The number of ether oxygens (including phenoxy) is 1. The van der Waals surface area contributed by atoms with Crippen molar-refractivity contribution in [2.75, 3.05) is 12.4 Å². The summed E-state index contributed by atoms with van der Waals surface area (Å²) in [7, 11) is 1.57. The summed E-state index contributed by atoms with van der Waals surface area (Å²) in [5.41, 5.74) is 1.30. The van der Waals surface area contributed by atoms with Gasteiger partial charge in [0.2, 0.25) is 0 Å². The average Bonchev–Trinajstić information content (AvgIpc) is 3.15. The Labute approximate surface area is 177 Å². The minimum atomic E-state index is -0.488. The van der Waals surface area contributed by atoms with Gasteiger partial charge < -0.3 is 9.15 Å². The normalized spacial score (nSPS) is 10.8. The van der Waals surface area contributed by atoms with E-state index in [9.17, 15) is 9.59 Å². The first-order chi connectivity index (χ1) is 13.5. The zero-order chi connectivity index (χ0) is 19.7. The summed E-state index contributed by atoms with van der Waals surface area (Å²) in [5.74, 6) is 0.408. The molecule has 1 N–H and O–H groups in total. The Bertz CT molecular complexity index is 1250. The van der Waals surface area contributed by atoms with Gasteiger partial charge in [0, 0.05) is 19.9 Å². The molecule has 4 rings (SSSR count). The number of fused-ring (bicyclic) bond motifs is 1. The first-order valence-corrected chi connectivity index (χ1v) is 10.1. The van der Waals surface area contributed by atoms with E-state index in [1.54, 1.807) is 48.9 Å². The predicted molar refractivity (Wildman–Crippen MR) is 117 cm³/mol. The molecule has 0 unspecified atom stereocenters. The number of nitrogens with zero attached hydrogens (tertiary/aromatic N) is 1. The van der Waals surface area contributed by atoms with Gasteiger partial charge in [-0.05, 0) is 65.1 Å². The highest BCUT2D eigenvalue weighted by atomic mass is 127. The number of methoxy groups -OCH3 is 1. The molecule has 28 heavy (non-hydrogen) atoms. The SMILES string of the molecule is COc1ccc2oc(=O)c(-c3csc(NC(=O)c4cccc(I)c4)n3)cc2c1. The molecule has 4 aromatic rings. The van der Waals surface area contributed by atoms with Gasteiger partial charge in [0.15, 0.2) is 5.13 Å². The Morgan fingerprint density at radius 3 is 2.86 bits per heavy atom. The molecule has 2 aromatic carbocycles. The molecular weight excluding hydrogens is 491 g/mol. The number of halogens is 1. The zero-order valence-corrected chi connectivity index (χ0v) is 17.5. The van der Waals surface area contributed by atoms with Crippen LogP contribution >= 0.6 is 33.9 Å². The van der Waals surface area contributed by atoms with E-state index in [1.165, 1.54) is 11.3 Å². The average molecular weight is 504 g/mol. The molecule has 0 aliphatic rings. The lowest BCUT2D eigenvalue weighted by atomic mass is 10.1. The minimum Gasteiger partial charge on any atom is -0.497 e. The maximum absolute atomic E-state index is 12.4. The number of benzene rings is 2. The van der Waals surface area contributed by atoms with Crippen LogP contribution in [0.5, 0.6) is 5.75 Å². The number of carbonyl (C=O) groups excluding carboxylic acids is 1. The Balaban J connectivity index is 1.64. The Hall–Kier alpha value is -2.72. The number of hydrogen-bond donors (Lipinski definition) is 1. The summed E-state index contributed by atoms with van der Waals surface area (Å²) in [5, 5.41) is 5.61. The molecule has 0 radical (unpaired) electrons. The van der Waals surface area contributed by atoms with E-state index < -0.39 is 5.63 Å². The standard InChI is InChI=1S/C20H13IN2O4S/c1-26-14-5-6-17-12(8-14)9-15(19(25)27-17)16-10-28-20(22-16)23-18(24)11-3-2-4-13(21)7-11/h2-10H,1H3,(H,22,23,24). The van der Waals surface area contributed by atoms with Crippen molar-refractivity contribution in [1.82, 2.24) is 4.98 Å². The van der Waals surface area contributed by atoms with E-state index in [0.29, 0.717) is 33.3 Å². The molecule has 140 valence electrons. The lowest BCUT2D eigenvalue weighted by Crippen LogP contribution is -2.11. The first-order valence-electron chi connectivity index (χ1n) is 8.18. The van der Waals surface area contributed by atoms with Gasteiger partial charge in [-0.2, -0.15) is 0 Å². The summed E-state index contributed by atoms with van der Waals surface area (Å²) in [6.45, 7) is 0. The van der Waals surface area contributed by atoms with Crippen LogP contribution in [-0.4, -0.2) is 18.0 Å². The molecule has 2 aromatic heterocycles. The molecule has 0 atom stereocenters. The van der Waals surface area contributed by atoms with Gasteiger partial charge in [0.05, 0.1) is 18.4 Å². The highest BCUT2D eigenvalue weighted by molar-refractivity contribution is 14.1. The van der Waals surface area contributed by atoms with Gasteiger partial charge >= 0.3 is 5.63 Å². The summed E-state index contributed by atoms with van der Waals surface area (Å²) >= 11 is 3.39. The molecule has 0 saturated heterocycles. The largest absolute Gasteiger partial charge is 0.497 e. The Kier molecular flexibility index (Phi) is 5.14. The second-order valence-corrected chi connectivity index (χ2v) is 7.96. The van der Waals surface area contributed by atoms with E-state index in [1.807, 2.05) is 12.1 Å². The molecule has 0 aliphatic heterocycles. The van der Waals surface area contributed by atoms with E-state index in [4.69, 9.17) is 9.15 Å². The molecule has 0 bridgehead atoms. The van der Waals surface area contributed by atoms with Gasteiger partial charge in [-0.3, -0.25) is 10.1 Å². The van der Waals surface area contributed by atoms with Gasteiger partial charge in [0.1, 0.15) is 11.3 Å². The van der Waals surface area contributed by atoms with Crippen molar-refractivity contribution in [3.05, 3.63) is 73.5 Å². The van der Waals surface area contributed by atoms with Crippen molar-refractivity contribution < 1.29 is 13.9 Å². The third-order valence-electron chi connectivity index (χ3n) is 4.03. The van der Waals surface area contributed by atoms with E-state index in [0.717, 1.165) is 8.96 Å². The number of nitrogens with one attached hydrogen (secondary N) is 1. The second kappa shape index (κ2) is 7.72. The van der Waals surface area contributed by atoms with Crippen molar-refractivity contribution in [1.29, 1.82) is 0 Å². The summed E-state index contributed by atoms with van der Waals surface area (Å²) < 4.78 is 11.6. The number of anilines is 1. The summed E-state index contributed by atoms with van der Waals surface area (Å²) in [6, 6.07) is 14.2. The quantitative estimate of drug-likeness (QED) is 0.320. The molecule has 6 nitrogen and oxygen atoms in total. The Morgan fingerprint density at radius 2 is 2.07 bits per heavy atom. The number of hydrogen-bond acceptors (Lipinski definition) is 6. The van der Waals surface area contributed by atoms with Gasteiger partial charge in [-0.25, -0.2) is 9.78 Å². The molecule has 0 aliphatic carbocycles. The van der Waals surface area contributed by atoms with Crippen LogP contribution in [0, 0.1) is 3.57 Å². The lowest BCUT2D eigenvalue weighted by molar-refractivity contribution is 0.102. The lowest BCUT2D eigenvalue weighted by Gasteiger charge is -2.03. The summed E-state index contributed by atoms with van der Waals surface area (Å²) in [6.07, 6.45) is 0. The van der Waals surface area contributed by atoms with Crippen LogP contribution in [0.15, 0.2) is 63.1 Å². The minimum absolute atomic E-state index is 0.255. The maximum atomic E-state index is 12.4. The smallest absolute Gasteiger partial charge is 0.345 e. The topological polar surface area (TPSA) is 81.4 Å². The molecule has 2 heterocycles. The van der Waals surface area contributed by atoms with Gasteiger partial charge in [-0.15, -0.1) is 11.3 Å². The number of thiazole rings is 1. The highest BCUT2D eigenvalue weighted by Gasteiger charge is 2.14. The number of carbonyl (C=O) groups is 1. The van der Waals surface area contributed by atoms with Gasteiger partial charge in [0.25, 0.3) is 5.91 Å². The van der Waals surface area contributed by atoms with Crippen LogP contribution in [-0.2, 0) is 0 Å². The van der Waals surface area contributed by atoms with Crippen molar-refractivity contribution in [3.8, 4) is 17.0 Å². The van der Waals surface area contributed by atoms with E-state index in [2.05, 4.69) is 32.9 Å². The molecule has 1 amide bonds. The second-order valence-electron chi connectivity index (χ2n) is 5.85. The van der Waals surface area contributed by atoms with Crippen LogP contribution in [0.4, 0.5) is 5.13 Å². The third kappa shape index (κ3) is 3.78. The highest BCUT2D eigenvalue weighted by Crippen LogP contribution is 2.27. The molecule has 0 spiro atoms. The van der Waals surface area contributed by atoms with Crippen molar-refractivity contribution in [2.24, 2.45) is 0 Å². The molecule has 8 heteroatoms. The predicted octanol–water partition coefficient (Wildman–Crippen LogP) is 4.78. The summed E-state index contributed by atoms with van der Waals surface area (Å²) in [4.78, 5) is 29.1. The fraction of sp³-hybridized carbons (Fsp3) is 0.0500. The van der Waals surface area contributed by atoms with Crippen LogP contribution in [0.2, 0.25) is 0 Å². The number of rotatable bonds is 4. The first kappa shape index (κ1) is 18.6. The zero-order valence-electron chi connectivity index (χ0n) is 14.6. The Morgan fingerprint density at radius 1 is 1.21 bits per heavy atom. The third-order valence-corrected chi connectivity index (χ3v) is 5.46. The van der Waals surface area contributed by atoms with Crippen LogP contribution in [0.1, 0.15) is 10.4 Å². The fourth-order valence-corrected chi connectivity index (χ4v) is 3.91.